The van der Waals surface area contributed by atoms with Crippen molar-refractivity contribution in [2.45, 2.75) is 32.6 Å². The van der Waals surface area contributed by atoms with Gasteiger partial charge in [-0.3, -0.25) is 19.4 Å². The van der Waals surface area contributed by atoms with Crippen molar-refractivity contribution in [3.63, 3.8) is 0 Å². The molecule has 0 unspecified atom stereocenters. The van der Waals surface area contributed by atoms with Gasteiger partial charge in [0.2, 0.25) is 5.88 Å². The number of hydrogen-bond donors (Lipinski definition) is 0. The van der Waals surface area contributed by atoms with E-state index in [9.17, 15) is 24.0 Å². The van der Waals surface area contributed by atoms with Crippen molar-refractivity contribution in [2.75, 3.05) is 37.7 Å². The number of benzene rings is 1. The number of barbiturate groups is 1. The lowest BCUT2D eigenvalue weighted by Crippen LogP contribution is -2.57. The van der Waals surface area contributed by atoms with Crippen molar-refractivity contribution in [1.29, 1.82) is 0 Å². The highest BCUT2D eigenvalue weighted by Gasteiger charge is 2.41. The van der Waals surface area contributed by atoms with E-state index in [-0.39, 0.29) is 31.9 Å². The van der Waals surface area contributed by atoms with Crippen molar-refractivity contribution in [1.82, 2.24) is 9.80 Å². The molecular weight excluding hydrogens is 518 g/mol. The average Bonchev–Trinajstić information content (AvgIpc) is 3.31. The molecule has 0 spiro atoms. The molecule has 0 radical (unpaired) electrons. The van der Waals surface area contributed by atoms with E-state index < -0.39 is 29.8 Å². The van der Waals surface area contributed by atoms with Gasteiger partial charge in [-0.05, 0) is 43.5 Å². The Kier molecular flexibility index (Phi) is 10.8. The summed E-state index contributed by atoms with van der Waals surface area (Å²) in [6, 6.07) is 6.62. The van der Waals surface area contributed by atoms with Gasteiger partial charge < -0.3 is 19.1 Å². The van der Waals surface area contributed by atoms with Gasteiger partial charge in [0.15, 0.2) is 5.75 Å². The molecular formula is C29H33N3O8. The van der Waals surface area contributed by atoms with E-state index in [1.165, 1.54) is 12.2 Å². The average molecular weight is 552 g/mol. The van der Waals surface area contributed by atoms with Gasteiger partial charge in [-0.2, -0.15) is 0 Å². The van der Waals surface area contributed by atoms with Crippen LogP contribution in [-0.4, -0.2) is 72.4 Å². The lowest BCUT2D eigenvalue weighted by molar-refractivity contribution is -0.142. The fraction of sp³-hybridized carbons (Fsp3) is 0.345. The van der Waals surface area contributed by atoms with Crippen LogP contribution in [0.4, 0.5) is 10.5 Å². The first-order valence-electron chi connectivity index (χ1n) is 13.0. The zero-order valence-electron chi connectivity index (χ0n) is 22.5. The largest absolute Gasteiger partial charge is 0.463 e. The zero-order chi connectivity index (χ0) is 29.1. The summed E-state index contributed by atoms with van der Waals surface area (Å²) in [6.45, 7) is 9.06. The first kappa shape index (κ1) is 29.9. The van der Waals surface area contributed by atoms with Crippen LogP contribution in [0, 0.1) is 0 Å². The van der Waals surface area contributed by atoms with Crippen molar-refractivity contribution in [2.24, 2.45) is 0 Å². The van der Waals surface area contributed by atoms with Crippen LogP contribution in [0.5, 0.6) is 5.75 Å². The summed E-state index contributed by atoms with van der Waals surface area (Å²) in [4.78, 5) is 65.9. The van der Waals surface area contributed by atoms with E-state index >= 15 is 0 Å². The maximum Gasteiger partial charge on any atom is 0.334 e. The number of esters is 2. The maximum absolute atomic E-state index is 13.2. The lowest BCUT2D eigenvalue weighted by Gasteiger charge is -2.33. The van der Waals surface area contributed by atoms with E-state index in [2.05, 4.69) is 13.2 Å². The molecule has 2 heterocycles. The van der Waals surface area contributed by atoms with Gasteiger partial charge >= 0.3 is 18.0 Å². The molecule has 40 heavy (non-hydrogen) atoms. The van der Waals surface area contributed by atoms with Gasteiger partial charge in [-0.1, -0.05) is 38.6 Å². The molecule has 3 rings (SSSR count). The minimum atomic E-state index is -0.791. The van der Waals surface area contributed by atoms with E-state index in [1.807, 2.05) is 30.0 Å². The zero-order valence-corrected chi connectivity index (χ0v) is 22.5. The van der Waals surface area contributed by atoms with Gasteiger partial charge in [0.25, 0.3) is 11.8 Å². The molecule has 1 aromatic carbocycles. The number of imide groups is 2. The molecule has 0 atom stereocenters. The second kappa shape index (κ2) is 14.5. The lowest BCUT2D eigenvalue weighted by atomic mass is 10.1. The highest BCUT2D eigenvalue weighted by atomic mass is 16.5. The number of fused-ring (bicyclic) bond motifs is 1. The van der Waals surface area contributed by atoms with Crippen LogP contribution in [-0.2, 0) is 28.7 Å². The molecule has 1 aromatic rings. The van der Waals surface area contributed by atoms with Gasteiger partial charge in [0.1, 0.15) is 12.2 Å². The molecule has 4 amide bonds. The molecule has 0 aromatic heterocycles. The third-order valence-electron chi connectivity index (χ3n) is 6.09. The molecule has 11 heteroatoms. The predicted octanol–water partition coefficient (Wildman–Crippen LogP) is 3.48. The predicted molar refractivity (Wildman–Crippen MR) is 146 cm³/mol. The van der Waals surface area contributed by atoms with Crippen molar-refractivity contribution >= 4 is 35.5 Å². The standard InChI is InChI=1S/C29H33N3O8/c1-4-7-16-31-27(35)21(28(36)32(29(31)37)18-20-39-26(34)6-3)14-15-24-30(17-10-11-19-38-25(33)5-2)22-12-8-9-13-23(22)40-24/h5-6,8-9,12-15H,2-4,7,10-11,16-20H2,1H3/b21-14+,24-15+. The Hall–Kier alpha value is -4.67. The van der Waals surface area contributed by atoms with Gasteiger partial charge in [-0.25, -0.2) is 14.4 Å². The van der Waals surface area contributed by atoms with Gasteiger partial charge in [-0.15, -0.1) is 0 Å². The van der Waals surface area contributed by atoms with E-state index in [1.54, 1.807) is 6.07 Å². The van der Waals surface area contributed by atoms with Crippen LogP contribution in [0.15, 0.2) is 73.2 Å². The summed E-state index contributed by atoms with van der Waals surface area (Å²) in [5.41, 5.74) is 0.594. The third kappa shape index (κ3) is 7.25. The van der Waals surface area contributed by atoms with Crippen LogP contribution in [0.25, 0.3) is 0 Å². The Morgan fingerprint density at radius 1 is 0.825 bits per heavy atom. The fourth-order valence-corrected chi connectivity index (χ4v) is 4.02. The van der Waals surface area contributed by atoms with Crippen LogP contribution in [0.2, 0.25) is 0 Å². The number of para-hydroxylation sites is 2. The molecule has 2 aliphatic heterocycles. The maximum atomic E-state index is 13.2. The number of ether oxygens (including phenoxy) is 3. The number of carbonyl (C=O) groups excluding carboxylic acids is 5. The second-order valence-electron chi connectivity index (χ2n) is 8.81. The Morgan fingerprint density at radius 2 is 1.45 bits per heavy atom. The van der Waals surface area contributed by atoms with Crippen molar-refractivity contribution in [3.05, 3.63) is 73.2 Å². The van der Waals surface area contributed by atoms with E-state index in [0.717, 1.165) is 34.1 Å². The number of urea groups is 1. The Labute approximate surface area is 232 Å². The summed E-state index contributed by atoms with van der Waals surface area (Å²) < 4.78 is 16.0. The minimum Gasteiger partial charge on any atom is -0.463 e. The molecule has 1 fully saturated rings. The van der Waals surface area contributed by atoms with Crippen molar-refractivity contribution < 1.29 is 38.2 Å². The topological polar surface area (TPSA) is 123 Å². The fourth-order valence-electron chi connectivity index (χ4n) is 4.02. The number of unbranched alkanes of at least 4 members (excludes halogenated alkanes) is 2. The van der Waals surface area contributed by atoms with E-state index in [0.29, 0.717) is 37.4 Å². The van der Waals surface area contributed by atoms with Crippen LogP contribution in [0.3, 0.4) is 0 Å². The molecule has 0 N–H and O–H groups in total. The minimum absolute atomic E-state index is 0.142. The first-order chi connectivity index (χ1) is 19.3. The smallest absolute Gasteiger partial charge is 0.334 e. The number of allylic oxidation sites excluding steroid dienone is 2. The first-order valence-corrected chi connectivity index (χ1v) is 13.0. The van der Waals surface area contributed by atoms with Crippen LogP contribution >= 0.6 is 0 Å². The van der Waals surface area contributed by atoms with Gasteiger partial charge in [0, 0.05) is 25.2 Å². The summed E-state index contributed by atoms with van der Waals surface area (Å²) >= 11 is 0. The number of nitrogens with zero attached hydrogens (tertiary/aromatic N) is 3. The second-order valence-corrected chi connectivity index (χ2v) is 8.81. The highest BCUT2D eigenvalue weighted by molar-refractivity contribution is 6.28. The Bertz CT molecular complexity index is 1240. The molecule has 212 valence electrons. The molecule has 1 saturated heterocycles. The number of rotatable bonds is 14. The van der Waals surface area contributed by atoms with Crippen LogP contribution < -0.4 is 9.64 Å². The summed E-state index contributed by atoms with van der Waals surface area (Å²) in [5, 5.41) is 0. The number of hydrogen-bond acceptors (Lipinski definition) is 9. The van der Waals surface area contributed by atoms with Crippen LogP contribution in [0.1, 0.15) is 32.6 Å². The van der Waals surface area contributed by atoms with Gasteiger partial charge in [0.05, 0.1) is 18.8 Å². The third-order valence-corrected chi connectivity index (χ3v) is 6.09. The molecule has 2 aliphatic rings. The molecule has 0 aliphatic carbocycles. The number of anilines is 1. The monoisotopic (exact) mass is 551 g/mol. The molecule has 0 bridgehead atoms. The Balaban J connectivity index is 1.83. The molecule has 0 saturated carbocycles. The summed E-state index contributed by atoms with van der Waals surface area (Å²) in [6.07, 6.45) is 7.51. The normalized spacial score (nSPS) is 16.7. The summed E-state index contributed by atoms with van der Waals surface area (Å²) in [7, 11) is 0. The number of carbonyl (C=O) groups is 5. The van der Waals surface area contributed by atoms with Crippen molar-refractivity contribution in [3.8, 4) is 5.75 Å². The quantitative estimate of drug-likeness (QED) is 0.148. The Morgan fingerprint density at radius 3 is 2.12 bits per heavy atom. The SMILES string of the molecule is C=CC(=O)OCCCCN1/C(=C\C=C2/C(=O)N(CCCC)C(=O)N(CCOC(=O)C=C)C2=O)Oc2ccccc21. The van der Waals surface area contributed by atoms with E-state index in [4.69, 9.17) is 14.2 Å². The summed E-state index contributed by atoms with van der Waals surface area (Å²) in [5.74, 6) is -1.67. The number of amides is 4. The molecule has 11 nitrogen and oxygen atoms in total. The highest BCUT2D eigenvalue weighted by Crippen LogP contribution is 2.38.